The Bertz CT molecular complexity index is 803. The van der Waals surface area contributed by atoms with E-state index in [2.05, 4.69) is 18.2 Å². The fourth-order valence-electron chi connectivity index (χ4n) is 2.40. The molecule has 0 bridgehead atoms. The zero-order valence-corrected chi connectivity index (χ0v) is 10.9. The molecule has 0 aliphatic carbocycles. The van der Waals surface area contributed by atoms with Gasteiger partial charge in [-0.05, 0) is 33.7 Å². The van der Waals surface area contributed by atoms with Gasteiger partial charge in [0.2, 0.25) is 0 Å². The first kappa shape index (κ1) is 11.9. The Kier molecular flexibility index (Phi) is 3.06. The van der Waals surface area contributed by atoms with Crippen molar-refractivity contribution >= 4 is 44.5 Å². The van der Waals surface area contributed by atoms with E-state index >= 15 is 0 Å². The summed E-state index contributed by atoms with van der Waals surface area (Å²) in [6.07, 6.45) is 2.10. The number of aldehydes is 1. The quantitative estimate of drug-likeness (QED) is 0.371. The lowest BCUT2D eigenvalue weighted by molar-refractivity contribution is -0.104. The average molecular weight is 267 g/mol. The molecule has 0 unspecified atom stereocenters. The topological polar surface area (TPSA) is 17.1 Å². The molecule has 0 aliphatic rings. The largest absolute Gasteiger partial charge is 0.299 e. The van der Waals surface area contributed by atoms with Crippen LogP contribution in [0.15, 0.2) is 60.7 Å². The smallest absolute Gasteiger partial charge is 0.144 e. The van der Waals surface area contributed by atoms with E-state index in [0.29, 0.717) is 11.3 Å². The molecule has 0 spiro atoms. The Labute approximate surface area is 116 Å². The molecular weight excluding hydrogens is 256 g/mol. The second-order valence-corrected chi connectivity index (χ2v) is 4.75. The van der Waals surface area contributed by atoms with Crippen molar-refractivity contribution in [2.75, 3.05) is 0 Å². The van der Waals surface area contributed by atoms with Crippen LogP contribution in [0.4, 0.5) is 0 Å². The van der Waals surface area contributed by atoms with Gasteiger partial charge in [-0.1, -0.05) is 60.1 Å². The van der Waals surface area contributed by atoms with Crippen LogP contribution in [-0.2, 0) is 4.79 Å². The van der Waals surface area contributed by atoms with Crippen LogP contribution in [0.2, 0.25) is 0 Å². The van der Waals surface area contributed by atoms with Crippen molar-refractivity contribution in [1.29, 1.82) is 0 Å². The molecule has 92 valence electrons. The summed E-state index contributed by atoms with van der Waals surface area (Å²) in [6, 6.07) is 18.3. The van der Waals surface area contributed by atoms with Gasteiger partial charge < -0.3 is 0 Å². The number of hydrogen-bond acceptors (Lipinski definition) is 1. The lowest BCUT2D eigenvalue weighted by Gasteiger charge is -2.09. The molecular formula is C17H11ClO. The molecule has 19 heavy (non-hydrogen) atoms. The first-order valence-electron chi connectivity index (χ1n) is 6.03. The fourth-order valence-corrected chi connectivity index (χ4v) is 2.61. The Morgan fingerprint density at radius 2 is 1.53 bits per heavy atom. The predicted octanol–water partition coefficient (Wildman–Crippen LogP) is 4.77. The van der Waals surface area contributed by atoms with Crippen LogP contribution < -0.4 is 0 Å². The summed E-state index contributed by atoms with van der Waals surface area (Å²) in [5.41, 5.74) is 0.892. The highest BCUT2D eigenvalue weighted by Crippen LogP contribution is 2.33. The SMILES string of the molecule is O=CC=C(Cl)c1cc2ccccc2c2ccccc12. The van der Waals surface area contributed by atoms with Crippen LogP contribution in [0, 0.1) is 0 Å². The van der Waals surface area contributed by atoms with E-state index in [-0.39, 0.29) is 0 Å². The molecule has 0 fully saturated rings. The maximum atomic E-state index is 10.6. The molecule has 0 heterocycles. The number of rotatable bonds is 2. The van der Waals surface area contributed by atoms with Gasteiger partial charge in [-0.15, -0.1) is 0 Å². The number of carbonyl (C=O) groups is 1. The van der Waals surface area contributed by atoms with E-state index < -0.39 is 0 Å². The van der Waals surface area contributed by atoms with Crippen molar-refractivity contribution in [2.24, 2.45) is 0 Å². The molecule has 0 N–H and O–H groups in total. The van der Waals surface area contributed by atoms with Crippen LogP contribution in [-0.4, -0.2) is 6.29 Å². The lowest BCUT2D eigenvalue weighted by Crippen LogP contribution is -1.85. The molecule has 0 saturated carbocycles. The van der Waals surface area contributed by atoms with Crippen molar-refractivity contribution in [1.82, 2.24) is 0 Å². The summed E-state index contributed by atoms with van der Waals surface area (Å²) in [6.45, 7) is 0. The molecule has 0 saturated heterocycles. The average Bonchev–Trinajstić information content (AvgIpc) is 2.46. The minimum atomic E-state index is 0.469. The monoisotopic (exact) mass is 266 g/mol. The normalized spacial score (nSPS) is 11.9. The highest BCUT2D eigenvalue weighted by molar-refractivity contribution is 6.51. The molecule has 2 heteroatoms. The van der Waals surface area contributed by atoms with Crippen molar-refractivity contribution in [3.63, 3.8) is 0 Å². The fraction of sp³-hybridized carbons (Fsp3) is 0. The van der Waals surface area contributed by atoms with Gasteiger partial charge in [0.15, 0.2) is 0 Å². The number of hydrogen-bond donors (Lipinski definition) is 0. The number of benzene rings is 3. The Morgan fingerprint density at radius 1 is 0.895 bits per heavy atom. The summed E-state index contributed by atoms with van der Waals surface area (Å²) in [5, 5.41) is 4.99. The minimum Gasteiger partial charge on any atom is -0.299 e. The van der Waals surface area contributed by atoms with Crippen LogP contribution >= 0.6 is 11.6 Å². The van der Waals surface area contributed by atoms with E-state index in [4.69, 9.17) is 11.6 Å². The zero-order chi connectivity index (χ0) is 13.2. The standard InChI is InChI=1S/C17H11ClO/c18-17(9-10-19)16-11-12-5-1-2-6-13(12)14-7-3-4-8-15(14)16/h1-11H. The van der Waals surface area contributed by atoms with Crippen LogP contribution in [0.1, 0.15) is 5.56 Å². The van der Waals surface area contributed by atoms with Gasteiger partial charge in [-0.25, -0.2) is 0 Å². The van der Waals surface area contributed by atoms with E-state index in [1.165, 1.54) is 11.5 Å². The molecule has 3 rings (SSSR count). The molecule has 3 aromatic rings. The van der Waals surface area contributed by atoms with Crippen molar-refractivity contribution in [3.05, 3.63) is 66.2 Å². The predicted molar refractivity (Wildman–Crippen MR) is 81.3 cm³/mol. The summed E-state index contributed by atoms with van der Waals surface area (Å²) >= 11 is 6.22. The van der Waals surface area contributed by atoms with Gasteiger partial charge in [0, 0.05) is 5.56 Å². The molecule has 0 radical (unpaired) electrons. The van der Waals surface area contributed by atoms with E-state index in [9.17, 15) is 4.79 Å². The Morgan fingerprint density at radius 3 is 2.26 bits per heavy atom. The van der Waals surface area contributed by atoms with Crippen LogP contribution in [0.25, 0.3) is 26.6 Å². The van der Waals surface area contributed by atoms with Gasteiger partial charge >= 0.3 is 0 Å². The zero-order valence-electron chi connectivity index (χ0n) is 10.1. The summed E-state index contributed by atoms with van der Waals surface area (Å²) in [5.74, 6) is 0. The molecule has 3 aromatic carbocycles. The van der Waals surface area contributed by atoms with Crippen molar-refractivity contribution in [2.45, 2.75) is 0 Å². The van der Waals surface area contributed by atoms with Crippen molar-refractivity contribution in [3.8, 4) is 0 Å². The summed E-state index contributed by atoms with van der Waals surface area (Å²) < 4.78 is 0. The summed E-state index contributed by atoms with van der Waals surface area (Å²) in [4.78, 5) is 10.6. The maximum absolute atomic E-state index is 10.6. The number of halogens is 1. The minimum absolute atomic E-state index is 0.469. The van der Waals surface area contributed by atoms with E-state index in [1.54, 1.807) is 0 Å². The first-order chi connectivity index (χ1) is 9.31. The summed E-state index contributed by atoms with van der Waals surface area (Å²) in [7, 11) is 0. The molecule has 0 aromatic heterocycles. The molecule has 0 atom stereocenters. The lowest BCUT2D eigenvalue weighted by atomic mass is 9.97. The van der Waals surface area contributed by atoms with Crippen LogP contribution in [0.3, 0.4) is 0 Å². The third-order valence-corrected chi connectivity index (χ3v) is 3.57. The number of carbonyl (C=O) groups excluding carboxylic acids is 1. The second kappa shape index (κ2) is 4.87. The third-order valence-electron chi connectivity index (χ3n) is 3.24. The molecule has 0 aliphatic heterocycles. The van der Waals surface area contributed by atoms with Gasteiger partial charge in [-0.2, -0.15) is 0 Å². The van der Waals surface area contributed by atoms with Gasteiger partial charge in [0.05, 0.1) is 5.03 Å². The number of fused-ring (bicyclic) bond motifs is 3. The van der Waals surface area contributed by atoms with E-state index in [0.717, 1.165) is 21.7 Å². The highest BCUT2D eigenvalue weighted by Gasteiger charge is 2.08. The second-order valence-electron chi connectivity index (χ2n) is 4.34. The van der Waals surface area contributed by atoms with Gasteiger partial charge in [0.25, 0.3) is 0 Å². The van der Waals surface area contributed by atoms with E-state index in [1.807, 2.05) is 36.4 Å². The Balaban J connectivity index is 2.49. The highest BCUT2D eigenvalue weighted by atomic mass is 35.5. The van der Waals surface area contributed by atoms with Gasteiger partial charge in [0.1, 0.15) is 6.29 Å². The number of allylic oxidation sites excluding steroid dienone is 1. The molecule has 0 amide bonds. The maximum Gasteiger partial charge on any atom is 0.144 e. The van der Waals surface area contributed by atoms with Crippen molar-refractivity contribution < 1.29 is 4.79 Å². The third kappa shape index (κ3) is 2.02. The Hall–Kier alpha value is -2.12. The molecule has 1 nitrogen and oxygen atoms in total. The first-order valence-corrected chi connectivity index (χ1v) is 6.41. The van der Waals surface area contributed by atoms with Crippen LogP contribution in [0.5, 0.6) is 0 Å². The van der Waals surface area contributed by atoms with Gasteiger partial charge in [-0.3, -0.25) is 4.79 Å².